The first-order chi connectivity index (χ1) is 10.5. The van der Waals surface area contributed by atoms with E-state index in [0.29, 0.717) is 17.2 Å². The Hall–Kier alpha value is -1.79. The molecule has 1 N–H and O–H groups in total. The Morgan fingerprint density at radius 1 is 0.955 bits per heavy atom. The van der Waals surface area contributed by atoms with Gasteiger partial charge < -0.3 is 9.67 Å². The second kappa shape index (κ2) is 5.78. The first-order valence-electron chi connectivity index (χ1n) is 7.66. The zero-order valence-corrected chi connectivity index (χ0v) is 13.8. The van der Waals surface area contributed by atoms with E-state index in [1.165, 1.54) is 0 Å². The summed E-state index contributed by atoms with van der Waals surface area (Å²) < 4.78 is 13.8. The molecule has 3 rings (SSSR count). The normalized spacial score (nSPS) is 28.1. The van der Waals surface area contributed by atoms with E-state index in [4.69, 9.17) is 0 Å². The molecule has 3 heteroatoms. The Morgan fingerprint density at radius 3 is 2.09 bits per heavy atom. The highest BCUT2D eigenvalue weighted by molar-refractivity contribution is 7.74. The van der Waals surface area contributed by atoms with Crippen LogP contribution in [0.1, 0.15) is 25.0 Å². The molecule has 0 bridgehead atoms. The predicted octanol–water partition coefficient (Wildman–Crippen LogP) is 5.51. The van der Waals surface area contributed by atoms with Crippen LogP contribution in [0.4, 0.5) is 0 Å². The molecular formula is C19H21O2P. The van der Waals surface area contributed by atoms with Crippen LogP contribution in [0.25, 0.3) is 5.31 Å². The lowest BCUT2D eigenvalue weighted by atomic mass is 10.0. The average Bonchev–Trinajstić information content (AvgIpc) is 2.70. The van der Waals surface area contributed by atoms with Crippen molar-refractivity contribution >= 4 is 12.5 Å². The monoisotopic (exact) mass is 312 g/mol. The summed E-state index contributed by atoms with van der Waals surface area (Å²) in [6.07, 6.45) is 0.508. The summed E-state index contributed by atoms with van der Waals surface area (Å²) in [4.78, 5) is 0. The van der Waals surface area contributed by atoms with Gasteiger partial charge >= 0.3 is 0 Å². The van der Waals surface area contributed by atoms with Crippen molar-refractivity contribution in [1.29, 1.82) is 0 Å². The highest BCUT2D eigenvalue weighted by Gasteiger charge is 2.47. The molecule has 114 valence electrons. The molecule has 0 aromatic heterocycles. The van der Waals surface area contributed by atoms with Crippen LogP contribution in [0.15, 0.2) is 66.4 Å². The van der Waals surface area contributed by atoms with Crippen molar-refractivity contribution in [3.05, 3.63) is 77.5 Å². The van der Waals surface area contributed by atoms with Crippen LogP contribution in [0.5, 0.6) is 0 Å². The molecule has 0 radical (unpaired) electrons. The molecule has 0 saturated carbocycles. The fourth-order valence-corrected chi connectivity index (χ4v) is 6.89. The van der Waals surface area contributed by atoms with E-state index in [-0.39, 0.29) is 11.6 Å². The molecule has 0 spiro atoms. The minimum Gasteiger partial charge on any atom is -0.511 e. The number of rotatable bonds is 3. The maximum absolute atomic E-state index is 13.8. The van der Waals surface area contributed by atoms with Crippen molar-refractivity contribution in [1.82, 2.24) is 0 Å². The van der Waals surface area contributed by atoms with Gasteiger partial charge in [-0.15, -0.1) is 0 Å². The van der Waals surface area contributed by atoms with Gasteiger partial charge in [0.2, 0.25) is 0 Å². The van der Waals surface area contributed by atoms with Crippen molar-refractivity contribution < 1.29 is 9.67 Å². The second-order valence-corrected chi connectivity index (χ2v) is 9.24. The average molecular weight is 312 g/mol. The topological polar surface area (TPSA) is 37.3 Å². The summed E-state index contributed by atoms with van der Waals surface area (Å²) in [5.41, 5.74) is 1.91. The van der Waals surface area contributed by atoms with Crippen LogP contribution < -0.4 is 0 Å². The summed E-state index contributed by atoms with van der Waals surface area (Å²) in [5.74, 6) is 0.239. The third kappa shape index (κ3) is 2.42. The van der Waals surface area contributed by atoms with Crippen molar-refractivity contribution in [2.45, 2.75) is 25.7 Å². The molecule has 2 aromatic rings. The summed E-state index contributed by atoms with van der Waals surface area (Å²) in [5, 5.41) is 11.3. The van der Waals surface area contributed by atoms with Crippen LogP contribution in [-0.2, 0) is 10.7 Å². The smallest absolute Gasteiger partial charge is 0.127 e. The second-order valence-electron chi connectivity index (χ2n) is 6.07. The fraction of sp³-hybridized carbons (Fsp3) is 0.263. The van der Waals surface area contributed by atoms with Crippen LogP contribution >= 0.6 is 7.14 Å². The first-order valence-corrected chi connectivity index (χ1v) is 9.62. The number of allylic oxidation sites excluding steroid dienone is 1. The largest absolute Gasteiger partial charge is 0.511 e. The van der Waals surface area contributed by atoms with Gasteiger partial charge in [0.05, 0.1) is 5.31 Å². The zero-order chi connectivity index (χ0) is 15.7. The standard InChI is InChI=1S/C19H21O2P/c1-14-15(2)22(21,13-16-9-5-3-6-10-16)19(18(14)20)17-11-7-4-8-12-17/h3-12,14-15,20H,13H2,1-2H3/t14-,15-,22-/m1/s1. The highest BCUT2D eigenvalue weighted by atomic mass is 31.2. The molecule has 0 amide bonds. The van der Waals surface area contributed by atoms with Gasteiger partial charge in [0.15, 0.2) is 0 Å². The van der Waals surface area contributed by atoms with E-state index in [1.807, 2.05) is 74.5 Å². The predicted molar refractivity (Wildman–Crippen MR) is 92.4 cm³/mol. The lowest BCUT2D eigenvalue weighted by molar-refractivity contribution is 0.347. The summed E-state index contributed by atoms with van der Waals surface area (Å²) in [6.45, 7) is 3.97. The molecule has 1 aliphatic rings. The van der Waals surface area contributed by atoms with Crippen LogP contribution in [-0.4, -0.2) is 10.8 Å². The van der Waals surface area contributed by atoms with Crippen LogP contribution in [0.3, 0.4) is 0 Å². The van der Waals surface area contributed by atoms with Gasteiger partial charge in [-0.05, 0) is 11.1 Å². The van der Waals surface area contributed by atoms with Crippen LogP contribution in [0.2, 0.25) is 0 Å². The molecular weight excluding hydrogens is 291 g/mol. The SMILES string of the molecule is C[C@@H]1[C@@H](C)C(O)=C(c2ccccc2)[P@@]1(=O)Cc1ccccc1. The van der Waals surface area contributed by atoms with E-state index in [1.54, 1.807) is 0 Å². The van der Waals surface area contributed by atoms with Gasteiger partial charge in [0.25, 0.3) is 0 Å². The Morgan fingerprint density at radius 2 is 1.50 bits per heavy atom. The van der Waals surface area contributed by atoms with Crippen molar-refractivity contribution in [3.63, 3.8) is 0 Å². The lowest BCUT2D eigenvalue weighted by Gasteiger charge is -2.22. The van der Waals surface area contributed by atoms with Gasteiger partial charge in [-0.2, -0.15) is 0 Å². The molecule has 0 fully saturated rings. The van der Waals surface area contributed by atoms with Gasteiger partial charge in [-0.1, -0.05) is 74.5 Å². The molecule has 1 heterocycles. The maximum atomic E-state index is 13.8. The summed E-state index contributed by atoms with van der Waals surface area (Å²) in [7, 11) is -2.70. The first kappa shape index (κ1) is 15.1. The van der Waals surface area contributed by atoms with E-state index >= 15 is 0 Å². The Kier molecular flexibility index (Phi) is 3.97. The van der Waals surface area contributed by atoms with Gasteiger partial charge in [0, 0.05) is 17.7 Å². The van der Waals surface area contributed by atoms with Crippen molar-refractivity contribution in [2.75, 3.05) is 0 Å². The minimum atomic E-state index is -2.70. The number of benzene rings is 2. The Bertz CT molecular complexity index is 735. The van der Waals surface area contributed by atoms with Gasteiger partial charge in [-0.3, -0.25) is 0 Å². The third-order valence-electron chi connectivity index (χ3n) is 4.74. The van der Waals surface area contributed by atoms with E-state index in [0.717, 1.165) is 11.1 Å². The molecule has 2 nitrogen and oxygen atoms in total. The van der Waals surface area contributed by atoms with Gasteiger partial charge in [-0.25, -0.2) is 0 Å². The highest BCUT2D eigenvalue weighted by Crippen LogP contribution is 2.71. The number of aliphatic hydroxyl groups is 1. The summed E-state index contributed by atoms with van der Waals surface area (Å²) >= 11 is 0. The fourth-order valence-electron chi connectivity index (χ4n) is 3.24. The molecule has 0 unspecified atom stereocenters. The van der Waals surface area contributed by atoms with Crippen molar-refractivity contribution in [3.8, 4) is 0 Å². The zero-order valence-electron chi connectivity index (χ0n) is 12.9. The Labute approximate surface area is 131 Å². The molecule has 22 heavy (non-hydrogen) atoms. The molecule has 2 aromatic carbocycles. The molecule has 0 saturated heterocycles. The van der Waals surface area contributed by atoms with Crippen LogP contribution in [0, 0.1) is 5.92 Å². The van der Waals surface area contributed by atoms with Gasteiger partial charge in [0.1, 0.15) is 12.9 Å². The third-order valence-corrected chi connectivity index (χ3v) is 8.58. The van der Waals surface area contributed by atoms with E-state index < -0.39 is 7.14 Å². The number of hydrogen-bond donors (Lipinski definition) is 1. The molecule has 0 aliphatic carbocycles. The lowest BCUT2D eigenvalue weighted by Crippen LogP contribution is -2.10. The minimum absolute atomic E-state index is 0.0390. The number of aliphatic hydroxyl groups excluding tert-OH is 1. The number of hydrogen-bond acceptors (Lipinski definition) is 2. The van der Waals surface area contributed by atoms with Crippen molar-refractivity contribution in [2.24, 2.45) is 5.92 Å². The quantitative estimate of drug-likeness (QED) is 0.758. The van der Waals surface area contributed by atoms with E-state index in [2.05, 4.69) is 0 Å². The maximum Gasteiger partial charge on any atom is 0.127 e. The summed E-state index contributed by atoms with van der Waals surface area (Å²) in [6, 6.07) is 19.6. The molecule has 1 aliphatic heterocycles. The molecule has 3 atom stereocenters. The Balaban J connectivity index is 2.10. The van der Waals surface area contributed by atoms with E-state index in [9.17, 15) is 9.67 Å².